The molecule has 0 spiro atoms. The molecule has 0 nitrogen and oxygen atoms in total. The van der Waals surface area contributed by atoms with Crippen LogP contribution in [0.25, 0.3) is 0 Å². The van der Waals surface area contributed by atoms with Gasteiger partial charge in [-0.05, 0) is 0 Å². The van der Waals surface area contributed by atoms with Gasteiger partial charge in [0.2, 0.25) is 0 Å². The maximum absolute atomic E-state index is 3.33. The van der Waals surface area contributed by atoms with Gasteiger partial charge in [0.25, 0.3) is 0 Å². The van der Waals surface area contributed by atoms with Crippen molar-refractivity contribution in [1.82, 2.24) is 0 Å². The van der Waals surface area contributed by atoms with E-state index in [4.69, 9.17) is 0 Å². The fraction of sp³-hybridized carbons (Fsp3) is 0. The molecule has 0 aromatic heterocycles. The molecule has 0 aliphatic rings. The van der Waals surface area contributed by atoms with Gasteiger partial charge in [-0.25, -0.2) is 0 Å². The van der Waals surface area contributed by atoms with E-state index in [0.29, 0.717) is 0 Å². The third-order valence-corrected chi connectivity index (χ3v) is 0. The molecule has 0 unspecified atom stereocenters. The van der Waals surface area contributed by atoms with Crippen molar-refractivity contribution in [3.05, 3.63) is 0 Å². The molecule has 0 atom stereocenters. The second kappa shape index (κ2) is 2.78. The molecule has 0 radical (unpaired) electrons. The predicted octanol–water partition coefficient (Wildman–Crippen LogP) is 3.38. The van der Waals surface area contributed by atoms with Gasteiger partial charge < -0.3 is 0 Å². The molecule has 35 valence electrons. The van der Waals surface area contributed by atoms with Gasteiger partial charge in [-0.3, -0.25) is 0 Å². The molecule has 5 heteroatoms. The fourth-order valence-corrected chi connectivity index (χ4v) is 0. The molecule has 0 bridgehead atoms. The monoisotopic (exact) mass is 503 g/mol. The zero-order valence-electron chi connectivity index (χ0n) is 1.89. The average Bonchev–Trinajstić information content (AvgIpc) is 0.722. The van der Waals surface area contributed by atoms with Crippen LogP contribution in [-0.2, 0) is 7.47 Å². The van der Waals surface area contributed by atoms with Gasteiger partial charge in [0.05, 0.1) is 0 Å². The van der Waals surface area contributed by atoms with Crippen LogP contribution in [0, 0.1) is 0 Å². The summed E-state index contributed by atoms with van der Waals surface area (Å²) in [5.41, 5.74) is 0. The van der Waals surface area contributed by atoms with Crippen molar-refractivity contribution >= 4 is 53.7 Å². The fourth-order valence-electron chi connectivity index (χ4n) is 0. The van der Waals surface area contributed by atoms with E-state index >= 15 is 0 Å². The summed E-state index contributed by atoms with van der Waals surface area (Å²) in [7, 11) is -1.86. The van der Waals surface area contributed by atoms with E-state index in [2.05, 4.69) is 53.7 Å². The Balaban J connectivity index is 3.02. The minimum atomic E-state index is -1.86. The van der Waals surface area contributed by atoms with Gasteiger partial charge in [-0.2, -0.15) is 0 Å². The van der Waals surface area contributed by atoms with Gasteiger partial charge >= 0.3 is 61.2 Å². The summed E-state index contributed by atoms with van der Waals surface area (Å²) >= 11 is 13.3. The third kappa shape index (κ3) is 20.7. The molecule has 0 aliphatic carbocycles. The Labute approximate surface area is 60.0 Å². The third-order valence-electron chi connectivity index (χ3n) is 0. The van der Waals surface area contributed by atoms with Crippen LogP contribution in [0.3, 0.4) is 0 Å². The normalized spacial score (nSPS) is 15.2. The first-order chi connectivity index (χ1) is 2.00. The summed E-state index contributed by atoms with van der Waals surface area (Å²) in [5, 5.41) is 0. The molecule has 0 rings (SSSR count). The van der Waals surface area contributed by atoms with Crippen molar-refractivity contribution in [3.8, 4) is 0 Å². The molecule has 0 aromatic rings. The summed E-state index contributed by atoms with van der Waals surface area (Å²) in [6.07, 6.45) is 0. The standard InChI is InChI=1S/4BrH.Re/h4*1H;/q;;;;+4/p-4. The van der Waals surface area contributed by atoms with Crippen molar-refractivity contribution in [2.75, 3.05) is 0 Å². The molecular formula is Br4Re. The van der Waals surface area contributed by atoms with Crippen LogP contribution in [0.1, 0.15) is 0 Å². The number of halogens is 4. The SMILES string of the molecule is [Br][Re]([Br])([Br])[Br]. The summed E-state index contributed by atoms with van der Waals surface area (Å²) in [5.74, 6) is 0. The van der Waals surface area contributed by atoms with Gasteiger partial charge in [0, 0.05) is 0 Å². The van der Waals surface area contributed by atoms with Crippen molar-refractivity contribution in [1.29, 1.82) is 0 Å². The van der Waals surface area contributed by atoms with Crippen LogP contribution in [0.15, 0.2) is 0 Å². The Hall–Kier alpha value is 2.58. The summed E-state index contributed by atoms with van der Waals surface area (Å²) in [4.78, 5) is 0. The Morgan fingerprint density at radius 3 is 0.800 bits per heavy atom. The van der Waals surface area contributed by atoms with Gasteiger partial charge in [0.15, 0.2) is 0 Å². The Bertz CT molecular complexity index is 19.1. The molecule has 0 N–H and O–H groups in total. The molecule has 0 heterocycles. The summed E-state index contributed by atoms with van der Waals surface area (Å²) in [6, 6.07) is 0. The van der Waals surface area contributed by atoms with E-state index in [1.54, 1.807) is 0 Å². The number of rotatable bonds is 0. The van der Waals surface area contributed by atoms with Gasteiger partial charge in [-0.15, -0.1) is 0 Å². The minimum absolute atomic E-state index is 1.86. The van der Waals surface area contributed by atoms with Crippen LogP contribution in [0.4, 0.5) is 0 Å². The summed E-state index contributed by atoms with van der Waals surface area (Å²) < 4.78 is 0. The molecule has 5 heavy (non-hydrogen) atoms. The average molecular weight is 506 g/mol. The quantitative estimate of drug-likeness (QED) is 0.474. The van der Waals surface area contributed by atoms with Gasteiger partial charge in [0.1, 0.15) is 0 Å². The van der Waals surface area contributed by atoms with Crippen molar-refractivity contribution in [3.63, 3.8) is 0 Å². The van der Waals surface area contributed by atoms with E-state index in [1.165, 1.54) is 0 Å². The Kier molecular flexibility index (Phi) is 4.22. The van der Waals surface area contributed by atoms with E-state index in [-0.39, 0.29) is 0 Å². The Morgan fingerprint density at radius 2 is 0.800 bits per heavy atom. The number of hydrogen-bond acceptors (Lipinski definition) is 0. The van der Waals surface area contributed by atoms with Crippen LogP contribution in [0.5, 0.6) is 0 Å². The molecule has 0 saturated heterocycles. The molecule has 0 saturated carbocycles. The van der Waals surface area contributed by atoms with E-state index in [0.717, 1.165) is 0 Å². The van der Waals surface area contributed by atoms with Crippen LogP contribution >= 0.6 is 53.7 Å². The maximum atomic E-state index is 3.33. The molecule has 0 aliphatic heterocycles. The second-order valence-corrected chi connectivity index (χ2v) is 71.6. The van der Waals surface area contributed by atoms with Crippen LogP contribution in [0.2, 0.25) is 0 Å². The van der Waals surface area contributed by atoms with Crippen LogP contribution in [-0.4, -0.2) is 0 Å². The first-order valence-electron chi connectivity index (χ1n) is 0.571. The zero-order chi connectivity index (χ0) is 4.50. The summed E-state index contributed by atoms with van der Waals surface area (Å²) in [6.45, 7) is 0. The van der Waals surface area contributed by atoms with E-state index in [1.807, 2.05) is 0 Å². The van der Waals surface area contributed by atoms with Crippen LogP contribution < -0.4 is 0 Å². The van der Waals surface area contributed by atoms with Crippen molar-refractivity contribution in [2.45, 2.75) is 0 Å². The Morgan fingerprint density at radius 1 is 0.800 bits per heavy atom. The van der Waals surface area contributed by atoms with E-state index < -0.39 is 7.47 Å². The molecular weight excluding hydrogens is 506 g/mol. The molecule has 0 fully saturated rings. The molecule has 0 aromatic carbocycles. The first kappa shape index (κ1) is 7.58. The second-order valence-electron chi connectivity index (χ2n) is 0.324. The number of hydrogen-bond donors (Lipinski definition) is 0. The van der Waals surface area contributed by atoms with E-state index in [9.17, 15) is 0 Å². The predicted molar refractivity (Wildman–Crippen MR) is 35.7 cm³/mol. The molecule has 0 amide bonds. The first-order valence-corrected chi connectivity index (χ1v) is 24.3. The topological polar surface area (TPSA) is 0 Å². The van der Waals surface area contributed by atoms with Crippen molar-refractivity contribution in [2.24, 2.45) is 0 Å². The van der Waals surface area contributed by atoms with Crippen molar-refractivity contribution < 1.29 is 7.47 Å². The zero-order valence-corrected chi connectivity index (χ0v) is 10.9. The van der Waals surface area contributed by atoms with Gasteiger partial charge in [-0.1, -0.05) is 0 Å².